The van der Waals surface area contributed by atoms with Gasteiger partial charge in [0.1, 0.15) is 0 Å². The standard InChI is InChI=1S/C8H17NO4S2/c1-7(14-2)3-5-9-15(12,13)6-4-8(10)11/h7,9H,3-6H2,1-2H3,(H,10,11). The number of hydrogen-bond donors (Lipinski definition) is 2. The van der Waals surface area contributed by atoms with Crippen molar-refractivity contribution in [3.05, 3.63) is 0 Å². The molecule has 0 aliphatic heterocycles. The first kappa shape index (κ1) is 14.7. The molecule has 2 N–H and O–H groups in total. The van der Waals surface area contributed by atoms with Gasteiger partial charge in [-0.15, -0.1) is 0 Å². The van der Waals surface area contributed by atoms with Crippen LogP contribution in [0.15, 0.2) is 0 Å². The number of nitrogens with one attached hydrogen (secondary N) is 1. The molecule has 0 spiro atoms. The number of rotatable bonds is 8. The van der Waals surface area contributed by atoms with Crippen molar-refractivity contribution >= 4 is 27.8 Å². The van der Waals surface area contributed by atoms with Gasteiger partial charge in [-0.1, -0.05) is 6.92 Å². The van der Waals surface area contributed by atoms with E-state index in [4.69, 9.17) is 5.11 Å². The predicted molar refractivity (Wildman–Crippen MR) is 61.6 cm³/mol. The SMILES string of the molecule is CSC(C)CCNS(=O)(=O)CCC(=O)O. The highest BCUT2D eigenvalue weighted by atomic mass is 32.2. The first-order valence-corrected chi connectivity index (χ1v) is 7.53. The average molecular weight is 255 g/mol. The molecule has 0 amide bonds. The second-order valence-electron chi connectivity index (χ2n) is 3.19. The molecule has 7 heteroatoms. The van der Waals surface area contributed by atoms with Crippen molar-refractivity contribution < 1.29 is 18.3 Å². The quantitative estimate of drug-likeness (QED) is 0.660. The monoisotopic (exact) mass is 255 g/mol. The lowest BCUT2D eigenvalue weighted by molar-refractivity contribution is -0.136. The first-order valence-electron chi connectivity index (χ1n) is 4.59. The van der Waals surface area contributed by atoms with Crippen LogP contribution in [0, 0.1) is 0 Å². The molecule has 1 unspecified atom stereocenters. The lowest BCUT2D eigenvalue weighted by atomic mass is 10.3. The summed E-state index contributed by atoms with van der Waals surface area (Å²) in [5.74, 6) is -1.45. The van der Waals surface area contributed by atoms with Crippen molar-refractivity contribution in [3.63, 3.8) is 0 Å². The molecule has 0 aromatic heterocycles. The summed E-state index contributed by atoms with van der Waals surface area (Å²) in [7, 11) is -3.42. The fraction of sp³-hybridized carbons (Fsp3) is 0.875. The molecule has 0 aliphatic rings. The maximum absolute atomic E-state index is 11.2. The molecule has 0 radical (unpaired) electrons. The number of hydrogen-bond acceptors (Lipinski definition) is 4. The summed E-state index contributed by atoms with van der Waals surface area (Å²) >= 11 is 1.66. The second kappa shape index (κ2) is 7.08. The first-order chi connectivity index (χ1) is 6.87. The van der Waals surface area contributed by atoms with E-state index in [0.717, 1.165) is 6.42 Å². The van der Waals surface area contributed by atoms with Gasteiger partial charge >= 0.3 is 5.97 Å². The lowest BCUT2D eigenvalue weighted by Gasteiger charge is -2.09. The van der Waals surface area contributed by atoms with Gasteiger partial charge in [0.2, 0.25) is 10.0 Å². The molecule has 0 bridgehead atoms. The highest BCUT2D eigenvalue weighted by Gasteiger charge is 2.12. The molecule has 0 saturated carbocycles. The van der Waals surface area contributed by atoms with Crippen molar-refractivity contribution in [1.82, 2.24) is 4.72 Å². The van der Waals surface area contributed by atoms with Gasteiger partial charge in [0.25, 0.3) is 0 Å². The van der Waals surface area contributed by atoms with Gasteiger partial charge in [-0.2, -0.15) is 11.8 Å². The van der Waals surface area contributed by atoms with Crippen LogP contribution in [0.2, 0.25) is 0 Å². The molecular weight excluding hydrogens is 238 g/mol. The summed E-state index contributed by atoms with van der Waals surface area (Å²) in [6, 6.07) is 0. The van der Waals surface area contributed by atoms with Gasteiger partial charge in [-0.25, -0.2) is 13.1 Å². The van der Waals surface area contributed by atoms with Crippen LogP contribution in [-0.4, -0.2) is 43.3 Å². The summed E-state index contributed by atoms with van der Waals surface area (Å²) in [4.78, 5) is 10.2. The van der Waals surface area contributed by atoms with Gasteiger partial charge in [0.05, 0.1) is 12.2 Å². The Morgan fingerprint density at radius 2 is 2.13 bits per heavy atom. The molecule has 0 heterocycles. The molecule has 0 rings (SSSR count). The zero-order chi connectivity index (χ0) is 11.9. The van der Waals surface area contributed by atoms with Crippen LogP contribution in [0.5, 0.6) is 0 Å². The fourth-order valence-corrected chi connectivity index (χ4v) is 2.20. The third-order valence-electron chi connectivity index (χ3n) is 1.86. The number of sulfonamides is 1. The summed E-state index contributed by atoms with van der Waals surface area (Å²) in [5, 5.41) is 8.73. The van der Waals surface area contributed by atoms with Gasteiger partial charge < -0.3 is 5.11 Å². The van der Waals surface area contributed by atoms with Crippen LogP contribution in [0.1, 0.15) is 19.8 Å². The van der Waals surface area contributed by atoms with Crippen molar-refractivity contribution in [2.24, 2.45) is 0 Å². The maximum atomic E-state index is 11.2. The van der Waals surface area contributed by atoms with Crippen molar-refractivity contribution in [2.45, 2.75) is 25.0 Å². The predicted octanol–water partition coefficient (Wildman–Crippen LogP) is 0.522. The minimum Gasteiger partial charge on any atom is -0.481 e. The smallest absolute Gasteiger partial charge is 0.304 e. The van der Waals surface area contributed by atoms with Gasteiger partial charge in [0.15, 0.2) is 0 Å². The number of carboxylic acid groups (broad SMARTS) is 1. The largest absolute Gasteiger partial charge is 0.481 e. The Morgan fingerprint density at radius 1 is 1.53 bits per heavy atom. The van der Waals surface area contributed by atoms with E-state index in [1.165, 1.54) is 0 Å². The van der Waals surface area contributed by atoms with E-state index < -0.39 is 16.0 Å². The molecule has 5 nitrogen and oxygen atoms in total. The van der Waals surface area contributed by atoms with Crippen LogP contribution < -0.4 is 4.72 Å². The highest BCUT2D eigenvalue weighted by molar-refractivity contribution is 7.99. The van der Waals surface area contributed by atoms with E-state index in [2.05, 4.69) is 4.72 Å². The van der Waals surface area contributed by atoms with E-state index in [0.29, 0.717) is 11.8 Å². The van der Waals surface area contributed by atoms with E-state index in [-0.39, 0.29) is 12.2 Å². The molecular formula is C8H17NO4S2. The molecule has 1 atom stereocenters. The maximum Gasteiger partial charge on any atom is 0.304 e. The number of aliphatic carboxylic acids is 1. The van der Waals surface area contributed by atoms with E-state index in [1.54, 1.807) is 11.8 Å². The summed E-state index contributed by atoms with van der Waals surface area (Å²) in [6.45, 7) is 2.38. The van der Waals surface area contributed by atoms with Crippen LogP contribution in [-0.2, 0) is 14.8 Å². The lowest BCUT2D eigenvalue weighted by Crippen LogP contribution is -2.29. The van der Waals surface area contributed by atoms with E-state index in [1.807, 2.05) is 13.2 Å². The Kier molecular flexibility index (Phi) is 6.95. The normalized spacial score (nSPS) is 13.7. The Balaban J connectivity index is 3.79. The number of carboxylic acids is 1. The summed E-state index contributed by atoms with van der Waals surface area (Å²) in [6.07, 6.45) is 2.35. The third kappa shape index (κ3) is 8.71. The minimum absolute atomic E-state index is 0.351. The summed E-state index contributed by atoms with van der Waals surface area (Å²) in [5.41, 5.74) is 0. The van der Waals surface area contributed by atoms with Crippen LogP contribution in [0.3, 0.4) is 0 Å². The Labute approximate surface area is 94.7 Å². The molecule has 0 aromatic rings. The number of thioether (sulfide) groups is 1. The van der Waals surface area contributed by atoms with E-state index in [9.17, 15) is 13.2 Å². The fourth-order valence-electron chi connectivity index (χ4n) is 0.829. The zero-order valence-electron chi connectivity index (χ0n) is 8.89. The topological polar surface area (TPSA) is 83.5 Å². The number of carbonyl (C=O) groups is 1. The average Bonchev–Trinajstić information content (AvgIpc) is 2.14. The highest BCUT2D eigenvalue weighted by Crippen LogP contribution is 2.08. The second-order valence-corrected chi connectivity index (χ2v) is 6.39. The third-order valence-corrected chi connectivity index (χ3v) is 4.29. The zero-order valence-corrected chi connectivity index (χ0v) is 10.5. The molecule has 0 saturated heterocycles. The molecule has 0 aromatic carbocycles. The van der Waals surface area contributed by atoms with Gasteiger partial charge in [-0.05, 0) is 12.7 Å². The van der Waals surface area contributed by atoms with Gasteiger partial charge in [-0.3, -0.25) is 4.79 Å². The summed E-state index contributed by atoms with van der Waals surface area (Å²) < 4.78 is 24.8. The Morgan fingerprint density at radius 3 is 2.60 bits per heavy atom. The van der Waals surface area contributed by atoms with Crippen molar-refractivity contribution in [2.75, 3.05) is 18.6 Å². The molecule has 15 heavy (non-hydrogen) atoms. The molecule has 90 valence electrons. The van der Waals surface area contributed by atoms with Crippen molar-refractivity contribution in [1.29, 1.82) is 0 Å². The Hall–Kier alpha value is -0.270. The van der Waals surface area contributed by atoms with E-state index >= 15 is 0 Å². The van der Waals surface area contributed by atoms with Gasteiger partial charge in [0, 0.05) is 11.8 Å². The van der Waals surface area contributed by atoms with Crippen LogP contribution in [0.4, 0.5) is 0 Å². The minimum atomic E-state index is -3.42. The molecule has 0 fully saturated rings. The van der Waals surface area contributed by atoms with Crippen LogP contribution >= 0.6 is 11.8 Å². The Bertz CT molecular complexity index is 289. The molecule has 0 aliphatic carbocycles. The van der Waals surface area contributed by atoms with Crippen LogP contribution in [0.25, 0.3) is 0 Å². The van der Waals surface area contributed by atoms with Crippen molar-refractivity contribution in [3.8, 4) is 0 Å².